The molecule has 3 aliphatic heterocycles. The number of nitrogens with zero attached hydrogens (tertiary/aromatic N) is 1. The molecule has 0 radical (unpaired) electrons. The zero-order valence-corrected chi connectivity index (χ0v) is 11.7. The van der Waals surface area contributed by atoms with Crippen LogP contribution in [0.5, 0.6) is 0 Å². The molecule has 8 nitrogen and oxygen atoms in total. The molecule has 0 spiro atoms. The molecule has 0 bridgehead atoms. The lowest BCUT2D eigenvalue weighted by molar-refractivity contribution is -0.384. The number of non-ortho nitro benzene ring substituents is 1. The van der Waals surface area contributed by atoms with Crippen molar-refractivity contribution in [2.75, 3.05) is 13.2 Å². The van der Waals surface area contributed by atoms with Crippen LogP contribution in [0.15, 0.2) is 46.8 Å². The van der Waals surface area contributed by atoms with Gasteiger partial charge in [0.15, 0.2) is 0 Å². The van der Waals surface area contributed by atoms with Crippen LogP contribution in [-0.4, -0.2) is 30.1 Å². The maximum atomic E-state index is 12.1. The molecule has 1 N–H and O–H groups in total. The highest BCUT2D eigenvalue weighted by molar-refractivity contribution is 6.02. The molecule has 23 heavy (non-hydrogen) atoms. The lowest BCUT2D eigenvalue weighted by Gasteiger charge is -2.23. The largest absolute Gasteiger partial charge is 0.456 e. The number of rotatable bonds is 2. The molecule has 0 unspecified atom stereocenters. The number of carbonyl (C=O) groups excluding carboxylic acids is 2. The monoisotopic (exact) mass is 314 g/mol. The van der Waals surface area contributed by atoms with Gasteiger partial charge in [0.1, 0.15) is 13.2 Å². The summed E-state index contributed by atoms with van der Waals surface area (Å²) < 4.78 is 10.1. The molecule has 3 aliphatic rings. The van der Waals surface area contributed by atoms with Gasteiger partial charge in [0.25, 0.3) is 5.69 Å². The first-order valence-corrected chi connectivity index (χ1v) is 6.88. The number of esters is 2. The van der Waals surface area contributed by atoms with Crippen LogP contribution in [0.4, 0.5) is 5.69 Å². The van der Waals surface area contributed by atoms with Gasteiger partial charge >= 0.3 is 11.9 Å². The van der Waals surface area contributed by atoms with E-state index in [2.05, 4.69) is 5.32 Å². The van der Waals surface area contributed by atoms with E-state index in [0.717, 1.165) is 0 Å². The summed E-state index contributed by atoms with van der Waals surface area (Å²) in [5.74, 6) is -1.78. The molecule has 8 heteroatoms. The summed E-state index contributed by atoms with van der Waals surface area (Å²) in [5, 5.41) is 14.0. The van der Waals surface area contributed by atoms with E-state index in [1.165, 1.54) is 18.2 Å². The number of carbonyl (C=O) groups is 2. The van der Waals surface area contributed by atoms with Crippen molar-refractivity contribution in [2.45, 2.75) is 5.92 Å². The first-order valence-electron chi connectivity index (χ1n) is 6.88. The molecule has 0 saturated carbocycles. The van der Waals surface area contributed by atoms with Crippen molar-refractivity contribution in [3.8, 4) is 0 Å². The molecular weight excluding hydrogens is 304 g/mol. The van der Waals surface area contributed by atoms with Gasteiger partial charge in [-0.05, 0) is 5.56 Å². The third kappa shape index (κ3) is 1.91. The van der Waals surface area contributed by atoms with Crippen molar-refractivity contribution in [3.63, 3.8) is 0 Å². The van der Waals surface area contributed by atoms with Crippen molar-refractivity contribution >= 4 is 17.6 Å². The van der Waals surface area contributed by atoms with E-state index in [0.29, 0.717) is 28.1 Å². The van der Waals surface area contributed by atoms with E-state index in [9.17, 15) is 19.7 Å². The zero-order chi connectivity index (χ0) is 16.1. The molecule has 0 aromatic heterocycles. The van der Waals surface area contributed by atoms with E-state index in [1.54, 1.807) is 6.07 Å². The normalized spacial score (nSPS) is 20.0. The third-order valence-corrected chi connectivity index (χ3v) is 4.08. The zero-order valence-electron chi connectivity index (χ0n) is 11.7. The summed E-state index contributed by atoms with van der Waals surface area (Å²) in [7, 11) is 0. The first-order chi connectivity index (χ1) is 11.1. The Morgan fingerprint density at radius 2 is 1.70 bits per heavy atom. The minimum absolute atomic E-state index is 0.0879. The van der Waals surface area contributed by atoms with E-state index < -0.39 is 22.8 Å². The molecule has 0 atom stereocenters. The van der Waals surface area contributed by atoms with Gasteiger partial charge in [-0.1, -0.05) is 12.1 Å². The highest BCUT2D eigenvalue weighted by Crippen LogP contribution is 2.43. The number of benzene rings is 1. The summed E-state index contributed by atoms with van der Waals surface area (Å²) in [6.45, 7) is 0.176. The number of nitro benzene ring substituents is 1. The van der Waals surface area contributed by atoms with Gasteiger partial charge in [-0.15, -0.1) is 0 Å². The van der Waals surface area contributed by atoms with Crippen LogP contribution in [0.3, 0.4) is 0 Å². The Hall–Kier alpha value is -3.16. The smallest absolute Gasteiger partial charge is 0.337 e. The maximum Gasteiger partial charge on any atom is 0.337 e. The van der Waals surface area contributed by atoms with E-state index >= 15 is 0 Å². The molecule has 0 amide bonds. The van der Waals surface area contributed by atoms with Crippen LogP contribution in [0.2, 0.25) is 0 Å². The van der Waals surface area contributed by atoms with E-state index in [1.807, 2.05) is 0 Å². The average molecular weight is 314 g/mol. The molecule has 4 rings (SSSR count). The Morgan fingerprint density at radius 3 is 2.26 bits per heavy atom. The fourth-order valence-electron chi connectivity index (χ4n) is 3.10. The summed E-state index contributed by atoms with van der Waals surface area (Å²) >= 11 is 0. The number of nitrogens with one attached hydrogen (secondary N) is 1. The second kappa shape index (κ2) is 4.67. The Morgan fingerprint density at radius 1 is 1.09 bits per heavy atom. The fourth-order valence-corrected chi connectivity index (χ4v) is 3.10. The Balaban J connectivity index is 1.90. The standard InChI is InChI=1S/C15H10N2O6/c18-14-12-9(5-22-14)16-10-6-23-15(19)13(10)11(12)7-2-1-3-8(4-7)17(20)21/h1-4,11,16H,5-6H2. The lowest BCUT2D eigenvalue weighted by Crippen LogP contribution is -2.27. The van der Waals surface area contributed by atoms with Crippen LogP contribution in [-0.2, 0) is 19.1 Å². The minimum atomic E-state index is -0.717. The summed E-state index contributed by atoms with van der Waals surface area (Å²) in [5.41, 5.74) is 2.14. The average Bonchev–Trinajstić information content (AvgIpc) is 3.10. The van der Waals surface area contributed by atoms with Gasteiger partial charge in [-0.2, -0.15) is 0 Å². The highest BCUT2D eigenvalue weighted by atomic mass is 16.6. The number of dihydropyridines is 1. The molecule has 3 heterocycles. The first kappa shape index (κ1) is 13.5. The second-order valence-corrected chi connectivity index (χ2v) is 5.35. The molecule has 0 fully saturated rings. The molecule has 116 valence electrons. The SMILES string of the molecule is O=C1OCC2=C1C(c1cccc([N+](=O)[O-])c1)C1=C(COC1=O)N2. The van der Waals surface area contributed by atoms with Crippen molar-refractivity contribution < 1.29 is 24.0 Å². The third-order valence-electron chi connectivity index (χ3n) is 4.08. The van der Waals surface area contributed by atoms with E-state index in [4.69, 9.17) is 9.47 Å². The van der Waals surface area contributed by atoms with Crippen LogP contribution < -0.4 is 5.32 Å². The van der Waals surface area contributed by atoms with Crippen molar-refractivity contribution in [1.29, 1.82) is 0 Å². The summed E-state index contributed by atoms with van der Waals surface area (Å²) in [6, 6.07) is 5.89. The van der Waals surface area contributed by atoms with Gasteiger partial charge in [-0.25, -0.2) is 9.59 Å². The fraction of sp³-hybridized carbons (Fsp3) is 0.200. The van der Waals surface area contributed by atoms with Crippen LogP contribution >= 0.6 is 0 Å². The molecule has 1 aromatic carbocycles. The lowest BCUT2D eigenvalue weighted by atomic mass is 9.81. The second-order valence-electron chi connectivity index (χ2n) is 5.35. The number of nitro groups is 1. The highest BCUT2D eigenvalue weighted by Gasteiger charge is 2.45. The quantitative estimate of drug-likeness (QED) is 0.491. The molecule has 0 saturated heterocycles. The molecule has 0 aliphatic carbocycles. The van der Waals surface area contributed by atoms with Crippen molar-refractivity contribution in [3.05, 3.63) is 62.5 Å². The van der Waals surface area contributed by atoms with Crippen molar-refractivity contribution in [2.24, 2.45) is 0 Å². The van der Waals surface area contributed by atoms with Crippen LogP contribution in [0.25, 0.3) is 0 Å². The van der Waals surface area contributed by atoms with E-state index in [-0.39, 0.29) is 18.9 Å². The number of ether oxygens (including phenoxy) is 2. The number of cyclic esters (lactones) is 2. The summed E-state index contributed by atoms with van der Waals surface area (Å²) in [6.07, 6.45) is 0. The molecule has 1 aromatic rings. The van der Waals surface area contributed by atoms with Gasteiger partial charge in [0.05, 0.1) is 33.4 Å². The number of hydrogen-bond acceptors (Lipinski definition) is 7. The Labute approximate surface area is 129 Å². The van der Waals surface area contributed by atoms with Crippen LogP contribution in [0, 0.1) is 10.1 Å². The minimum Gasteiger partial charge on any atom is -0.456 e. The molecular formula is C15H10N2O6. The Kier molecular flexibility index (Phi) is 2.74. The van der Waals surface area contributed by atoms with Crippen molar-refractivity contribution in [1.82, 2.24) is 5.32 Å². The van der Waals surface area contributed by atoms with Gasteiger partial charge in [0.2, 0.25) is 0 Å². The maximum absolute atomic E-state index is 12.1. The van der Waals surface area contributed by atoms with Gasteiger partial charge in [-0.3, -0.25) is 10.1 Å². The van der Waals surface area contributed by atoms with Crippen LogP contribution in [0.1, 0.15) is 11.5 Å². The Bertz CT molecular complexity index is 798. The topological polar surface area (TPSA) is 108 Å². The van der Waals surface area contributed by atoms with Gasteiger partial charge < -0.3 is 14.8 Å². The number of hydrogen-bond donors (Lipinski definition) is 1. The predicted octanol–water partition coefficient (Wildman–Crippen LogP) is 0.903. The van der Waals surface area contributed by atoms with Gasteiger partial charge in [0, 0.05) is 12.1 Å². The predicted molar refractivity (Wildman–Crippen MR) is 74.9 cm³/mol. The summed E-state index contributed by atoms with van der Waals surface area (Å²) in [4.78, 5) is 34.6.